The molecule has 1 unspecified atom stereocenters. The lowest BCUT2D eigenvalue weighted by Crippen LogP contribution is -2.51. The largest absolute Gasteiger partial charge is 0.330 e. The molecule has 5 nitrogen and oxygen atoms in total. The minimum absolute atomic E-state index is 0.0385. The molecule has 0 saturated heterocycles. The van der Waals surface area contributed by atoms with Crippen LogP contribution in [0, 0.1) is 5.41 Å². The summed E-state index contributed by atoms with van der Waals surface area (Å²) in [4.78, 5) is 0. The van der Waals surface area contributed by atoms with E-state index < -0.39 is 10.2 Å². The van der Waals surface area contributed by atoms with Crippen molar-refractivity contribution in [2.24, 2.45) is 11.1 Å². The van der Waals surface area contributed by atoms with Crippen LogP contribution in [0.3, 0.4) is 0 Å². The number of hydrogen-bond acceptors (Lipinski definition) is 3. The zero-order chi connectivity index (χ0) is 13.8. The molecule has 0 aromatic heterocycles. The summed E-state index contributed by atoms with van der Waals surface area (Å²) in [6.07, 6.45) is 4.98. The van der Waals surface area contributed by atoms with Gasteiger partial charge in [0, 0.05) is 19.6 Å². The maximum absolute atomic E-state index is 12.2. The molecule has 0 heterocycles. The summed E-state index contributed by atoms with van der Waals surface area (Å²) in [5.41, 5.74) is 5.45. The number of rotatable bonds is 6. The normalized spacial score (nSPS) is 24.4. The summed E-state index contributed by atoms with van der Waals surface area (Å²) in [7, 11) is -1.77. The Bertz CT molecular complexity index is 354. The van der Waals surface area contributed by atoms with Gasteiger partial charge in [-0.1, -0.05) is 26.7 Å². The lowest BCUT2D eigenvalue weighted by molar-refractivity contribution is 0.186. The van der Waals surface area contributed by atoms with Crippen molar-refractivity contribution in [1.29, 1.82) is 0 Å². The van der Waals surface area contributed by atoms with Crippen LogP contribution in [0.15, 0.2) is 0 Å². The Morgan fingerprint density at radius 2 is 2.06 bits per heavy atom. The average molecular weight is 277 g/mol. The molecule has 1 atom stereocenters. The topological polar surface area (TPSA) is 75.4 Å². The van der Waals surface area contributed by atoms with Crippen LogP contribution in [-0.2, 0) is 10.2 Å². The van der Waals surface area contributed by atoms with E-state index in [9.17, 15) is 8.42 Å². The summed E-state index contributed by atoms with van der Waals surface area (Å²) in [5, 5.41) is 0. The monoisotopic (exact) mass is 277 g/mol. The first-order valence-corrected chi connectivity index (χ1v) is 8.17. The van der Waals surface area contributed by atoms with E-state index in [1.54, 1.807) is 7.05 Å². The molecule has 108 valence electrons. The molecule has 1 rings (SSSR count). The zero-order valence-electron chi connectivity index (χ0n) is 11.8. The molecule has 0 aromatic rings. The molecule has 1 aliphatic rings. The van der Waals surface area contributed by atoms with E-state index in [0.717, 1.165) is 19.3 Å². The summed E-state index contributed by atoms with van der Waals surface area (Å²) in [6, 6.07) is 0.0385. The Morgan fingerprint density at radius 3 is 2.61 bits per heavy atom. The van der Waals surface area contributed by atoms with Crippen LogP contribution >= 0.6 is 0 Å². The molecule has 1 fully saturated rings. The molecule has 1 saturated carbocycles. The fourth-order valence-corrected chi connectivity index (χ4v) is 3.76. The third-order valence-electron chi connectivity index (χ3n) is 3.89. The maximum atomic E-state index is 12.2. The van der Waals surface area contributed by atoms with Gasteiger partial charge in [-0.2, -0.15) is 17.4 Å². The van der Waals surface area contributed by atoms with Gasteiger partial charge in [0.1, 0.15) is 0 Å². The van der Waals surface area contributed by atoms with Crippen LogP contribution in [0.1, 0.15) is 46.0 Å². The van der Waals surface area contributed by atoms with Gasteiger partial charge in [0.25, 0.3) is 10.2 Å². The van der Waals surface area contributed by atoms with Crippen molar-refractivity contribution >= 4 is 10.2 Å². The van der Waals surface area contributed by atoms with Gasteiger partial charge in [-0.05, 0) is 31.2 Å². The Hall–Kier alpha value is -0.170. The fraction of sp³-hybridized carbons (Fsp3) is 1.00. The highest BCUT2D eigenvalue weighted by molar-refractivity contribution is 7.87. The van der Waals surface area contributed by atoms with Crippen molar-refractivity contribution in [2.45, 2.75) is 52.0 Å². The summed E-state index contributed by atoms with van der Waals surface area (Å²) < 4.78 is 28.5. The van der Waals surface area contributed by atoms with Gasteiger partial charge in [-0.25, -0.2) is 0 Å². The first kappa shape index (κ1) is 15.9. The highest BCUT2D eigenvalue weighted by atomic mass is 32.2. The molecule has 0 bridgehead atoms. The van der Waals surface area contributed by atoms with E-state index >= 15 is 0 Å². The van der Waals surface area contributed by atoms with Gasteiger partial charge in [0.15, 0.2) is 0 Å². The minimum atomic E-state index is -3.38. The molecule has 3 N–H and O–H groups in total. The predicted molar refractivity (Wildman–Crippen MR) is 74.4 cm³/mol. The highest BCUT2D eigenvalue weighted by Crippen LogP contribution is 2.35. The molecular formula is C12H27N3O2S. The molecule has 0 spiro atoms. The standard InChI is InChI=1S/C12H27N3O2S/c1-12(2)8-5-4-7-11(12)14-18(16,17)15(3)10-6-9-13/h11,14H,4-10,13H2,1-3H3. The van der Waals surface area contributed by atoms with E-state index in [4.69, 9.17) is 5.73 Å². The van der Waals surface area contributed by atoms with E-state index in [-0.39, 0.29) is 11.5 Å². The van der Waals surface area contributed by atoms with Crippen molar-refractivity contribution in [1.82, 2.24) is 9.03 Å². The quantitative estimate of drug-likeness (QED) is 0.762. The Morgan fingerprint density at radius 1 is 1.39 bits per heavy atom. The summed E-state index contributed by atoms with van der Waals surface area (Å²) in [5.74, 6) is 0. The second kappa shape index (κ2) is 6.32. The van der Waals surface area contributed by atoms with Crippen LogP contribution in [0.5, 0.6) is 0 Å². The van der Waals surface area contributed by atoms with Gasteiger partial charge >= 0.3 is 0 Å². The average Bonchev–Trinajstić information content (AvgIpc) is 2.28. The molecule has 18 heavy (non-hydrogen) atoms. The predicted octanol–water partition coefficient (Wildman–Crippen LogP) is 1.07. The lowest BCUT2D eigenvalue weighted by atomic mass is 9.74. The van der Waals surface area contributed by atoms with Crippen LogP contribution in [0.2, 0.25) is 0 Å². The fourth-order valence-electron chi connectivity index (χ4n) is 2.42. The Balaban J connectivity index is 2.64. The molecule has 1 aliphatic carbocycles. The molecule has 0 radical (unpaired) electrons. The van der Waals surface area contributed by atoms with Crippen LogP contribution < -0.4 is 10.5 Å². The zero-order valence-corrected chi connectivity index (χ0v) is 12.6. The molecule has 0 aliphatic heterocycles. The first-order valence-electron chi connectivity index (χ1n) is 6.73. The SMILES string of the molecule is CN(CCCN)S(=O)(=O)NC1CCCCC1(C)C. The summed E-state index contributed by atoms with van der Waals surface area (Å²) >= 11 is 0. The van der Waals surface area contributed by atoms with E-state index in [1.165, 1.54) is 10.7 Å². The van der Waals surface area contributed by atoms with E-state index in [1.807, 2.05) is 0 Å². The number of nitrogens with zero attached hydrogens (tertiary/aromatic N) is 1. The van der Waals surface area contributed by atoms with E-state index in [0.29, 0.717) is 19.5 Å². The summed E-state index contributed by atoms with van der Waals surface area (Å²) in [6.45, 7) is 5.26. The molecule has 0 amide bonds. The van der Waals surface area contributed by atoms with Crippen molar-refractivity contribution in [3.05, 3.63) is 0 Å². The van der Waals surface area contributed by atoms with Gasteiger partial charge in [-0.3, -0.25) is 0 Å². The first-order chi connectivity index (χ1) is 8.29. The van der Waals surface area contributed by atoms with Gasteiger partial charge < -0.3 is 5.73 Å². The number of nitrogens with two attached hydrogens (primary N) is 1. The lowest BCUT2D eigenvalue weighted by Gasteiger charge is -2.39. The molecular weight excluding hydrogens is 250 g/mol. The number of hydrogen-bond donors (Lipinski definition) is 2. The Kier molecular flexibility index (Phi) is 5.58. The Labute approximate surface area is 111 Å². The highest BCUT2D eigenvalue weighted by Gasteiger charge is 2.35. The smallest absolute Gasteiger partial charge is 0.279 e. The number of nitrogens with one attached hydrogen (secondary N) is 1. The van der Waals surface area contributed by atoms with E-state index in [2.05, 4.69) is 18.6 Å². The van der Waals surface area contributed by atoms with Gasteiger partial charge in [0.05, 0.1) is 0 Å². The van der Waals surface area contributed by atoms with Crippen molar-refractivity contribution in [2.75, 3.05) is 20.1 Å². The van der Waals surface area contributed by atoms with Crippen LogP contribution in [-0.4, -0.2) is 38.9 Å². The second-order valence-electron chi connectivity index (χ2n) is 5.87. The van der Waals surface area contributed by atoms with Gasteiger partial charge in [-0.15, -0.1) is 0 Å². The van der Waals surface area contributed by atoms with Crippen molar-refractivity contribution in [3.8, 4) is 0 Å². The van der Waals surface area contributed by atoms with Gasteiger partial charge in [0.2, 0.25) is 0 Å². The third kappa shape index (κ3) is 4.19. The van der Waals surface area contributed by atoms with Crippen molar-refractivity contribution in [3.63, 3.8) is 0 Å². The van der Waals surface area contributed by atoms with Crippen LogP contribution in [0.25, 0.3) is 0 Å². The van der Waals surface area contributed by atoms with Crippen LogP contribution in [0.4, 0.5) is 0 Å². The molecule has 6 heteroatoms. The third-order valence-corrected chi connectivity index (χ3v) is 5.47. The van der Waals surface area contributed by atoms with Crippen molar-refractivity contribution < 1.29 is 8.42 Å². The maximum Gasteiger partial charge on any atom is 0.279 e. The second-order valence-corrected chi connectivity index (χ2v) is 7.68. The molecule has 0 aromatic carbocycles. The minimum Gasteiger partial charge on any atom is -0.330 e.